The molecule has 3 aromatic rings. The molecule has 1 atom stereocenters. The summed E-state index contributed by atoms with van der Waals surface area (Å²) in [5.74, 6) is -3.34. The van der Waals surface area contributed by atoms with Crippen LogP contribution in [0.3, 0.4) is 0 Å². The van der Waals surface area contributed by atoms with Gasteiger partial charge in [-0.1, -0.05) is 29.8 Å². The second kappa shape index (κ2) is 7.84. The van der Waals surface area contributed by atoms with Gasteiger partial charge < -0.3 is 10.2 Å². The number of halogens is 4. The van der Waals surface area contributed by atoms with Crippen molar-refractivity contribution in [3.05, 3.63) is 99.8 Å². The summed E-state index contributed by atoms with van der Waals surface area (Å²) >= 11 is 6.06. The first-order valence-corrected chi connectivity index (χ1v) is 9.32. The Morgan fingerprint density at radius 1 is 1.00 bits per heavy atom. The molecule has 4 nitrogen and oxygen atoms in total. The highest BCUT2D eigenvalue weighted by molar-refractivity contribution is 6.34. The number of carbonyl (C=O) groups is 2. The Labute approximate surface area is 174 Å². The van der Waals surface area contributed by atoms with E-state index < -0.39 is 47.4 Å². The predicted molar refractivity (Wildman–Crippen MR) is 106 cm³/mol. The van der Waals surface area contributed by atoms with Gasteiger partial charge in [0.15, 0.2) is 0 Å². The molecule has 0 bridgehead atoms. The second-order valence-electron chi connectivity index (χ2n) is 6.76. The number of nitrogens with one attached hydrogen (secondary N) is 1. The molecule has 0 unspecified atom stereocenters. The van der Waals surface area contributed by atoms with E-state index in [0.717, 1.165) is 11.0 Å². The smallest absolute Gasteiger partial charge is 0.259 e. The molecule has 0 aliphatic carbocycles. The largest absolute Gasteiger partial charge is 0.324 e. The number of benzene rings is 3. The van der Waals surface area contributed by atoms with Gasteiger partial charge in [0, 0.05) is 11.3 Å². The number of nitrogens with zero attached hydrogens (tertiary/aromatic N) is 1. The van der Waals surface area contributed by atoms with Gasteiger partial charge in [-0.2, -0.15) is 0 Å². The van der Waals surface area contributed by atoms with Crippen LogP contribution < -0.4 is 5.32 Å². The molecule has 8 heteroatoms. The van der Waals surface area contributed by atoms with Gasteiger partial charge in [0.2, 0.25) is 5.91 Å². The van der Waals surface area contributed by atoms with Gasteiger partial charge in [0.05, 0.1) is 16.6 Å². The molecule has 2 amide bonds. The van der Waals surface area contributed by atoms with E-state index in [1.807, 2.05) is 0 Å². The monoisotopic (exact) mass is 430 g/mol. The number of hydrogen-bond donors (Lipinski definition) is 1. The maximum absolute atomic E-state index is 14.5. The number of fused-ring (bicyclic) bond motifs is 1. The van der Waals surface area contributed by atoms with Gasteiger partial charge in [-0.15, -0.1) is 0 Å². The first kappa shape index (κ1) is 20.0. The highest BCUT2D eigenvalue weighted by Gasteiger charge is 2.36. The zero-order valence-electron chi connectivity index (χ0n) is 15.3. The normalized spacial score (nSPS) is 15.9. The van der Waals surface area contributed by atoms with Gasteiger partial charge in [-0.25, -0.2) is 13.2 Å². The molecule has 4 rings (SSSR count). The zero-order valence-corrected chi connectivity index (χ0v) is 16.1. The molecule has 1 aliphatic rings. The fourth-order valence-electron chi connectivity index (χ4n) is 3.52. The van der Waals surface area contributed by atoms with Gasteiger partial charge in [-0.3, -0.25) is 9.59 Å². The minimum atomic E-state index is -0.988. The van der Waals surface area contributed by atoms with Crippen molar-refractivity contribution in [2.24, 2.45) is 0 Å². The third-order valence-corrected chi connectivity index (χ3v) is 5.15. The van der Waals surface area contributed by atoms with Gasteiger partial charge in [0.25, 0.3) is 5.91 Å². The Bertz CT molecular complexity index is 1130. The lowest BCUT2D eigenvalue weighted by atomic mass is 9.95. The fraction of sp³-hybridized carbons (Fsp3) is 0.0909. The molecule has 0 fully saturated rings. The summed E-state index contributed by atoms with van der Waals surface area (Å²) in [6.45, 7) is -0.443. The van der Waals surface area contributed by atoms with E-state index in [1.54, 1.807) is 0 Å². The molecule has 3 aromatic carbocycles. The molecular weight excluding hydrogens is 417 g/mol. The van der Waals surface area contributed by atoms with Gasteiger partial charge in [0.1, 0.15) is 24.0 Å². The molecule has 30 heavy (non-hydrogen) atoms. The molecular formula is C22H14ClF3N2O2. The van der Waals surface area contributed by atoms with Crippen LogP contribution >= 0.6 is 11.6 Å². The first-order valence-electron chi connectivity index (χ1n) is 8.95. The number of anilines is 1. The molecule has 0 radical (unpaired) electrons. The Hall–Kier alpha value is -3.32. The Morgan fingerprint density at radius 2 is 1.70 bits per heavy atom. The van der Waals surface area contributed by atoms with E-state index in [4.69, 9.17) is 11.6 Å². The van der Waals surface area contributed by atoms with Crippen LogP contribution in [0.25, 0.3) is 0 Å². The lowest BCUT2D eigenvalue weighted by molar-refractivity contribution is -0.117. The zero-order chi connectivity index (χ0) is 21.4. The number of rotatable bonds is 2. The SMILES string of the molecule is O=C1CN(C(=O)c2c(F)cccc2Cl)[C@H](c2ccc(F)cc2)c2cc(F)ccc2N1. The molecule has 152 valence electrons. The highest BCUT2D eigenvalue weighted by Crippen LogP contribution is 2.38. The Kier molecular flexibility index (Phi) is 5.22. The average molecular weight is 431 g/mol. The number of carbonyl (C=O) groups excluding carboxylic acids is 2. The summed E-state index contributed by atoms with van der Waals surface area (Å²) in [4.78, 5) is 26.9. The Morgan fingerprint density at radius 3 is 2.40 bits per heavy atom. The summed E-state index contributed by atoms with van der Waals surface area (Å²) in [5, 5.41) is 2.50. The molecule has 1 N–H and O–H groups in total. The van der Waals surface area contributed by atoms with Crippen molar-refractivity contribution in [3.8, 4) is 0 Å². The predicted octanol–water partition coefficient (Wildman–Crippen LogP) is 4.94. The highest BCUT2D eigenvalue weighted by atomic mass is 35.5. The summed E-state index contributed by atoms with van der Waals surface area (Å²) < 4.78 is 42.1. The van der Waals surface area contributed by atoms with E-state index in [1.165, 1.54) is 54.6 Å². The van der Waals surface area contributed by atoms with Crippen molar-refractivity contribution in [2.45, 2.75) is 6.04 Å². The summed E-state index contributed by atoms with van der Waals surface area (Å²) in [6.07, 6.45) is 0. The van der Waals surface area contributed by atoms with Crippen LogP contribution in [0.5, 0.6) is 0 Å². The van der Waals surface area contributed by atoms with Crippen molar-refractivity contribution in [3.63, 3.8) is 0 Å². The minimum absolute atomic E-state index is 0.123. The van der Waals surface area contributed by atoms with Crippen molar-refractivity contribution < 1.29 is 22.8 Å². The van der Waals surface area contributed by atoms with E-state index in [-0.39, 0.29) is 10.6 Å². The summed E-state index contributed by atoms with van der Waals surface area (Å²) in [5.41, 5.74) is 0.582. The summed E-state index contributed by atoms with van der Waals surface area (Å²) in [7, 11) is 0. The standard InChI is InChI=1S/C22H14ClF3N2O2/c23-16-2-1-3-17(26)20(16)22(30)28-11-19(29)27-18-9-8-14(25)10-15(18)21(28)12-4-6-13(24)7-5-12/h1-10,21H,11H2,(H,27,29)/t21-/m1/s1. The van der Waals surface area contributed by atoms with Gasteiger partial charge in [-0.05, 0) is 48.0 Å². The van der Waals surface area contributed by atoms with E-state index in [9.17, 15) is 22.8 Å². The third kappa shape index (κ3) is 3.64. The van der Waals surface area contributed by atoms with Crippen LogP contribution in [-0.2, 0) is 4.79 Å². The quantitative estimate of drug-likeness (QED) is 0.626. The van der Waals surface area contributed by atoms with Crippen molar-refractivity contribution in [1.29, 1.82) is 0 Å². The average Bonchev–Trinajstić information content (AvgIpc) is 2.84. The maximum Gasteiger partial charge on any atom is 0.259 e. The van der Waals surface area contributed by atoms with Crippen molar-refractivity contribution in [2.75, 3.05) is 11.9 Å². The minimum Gasteiger partial charge on any atom is -0.324 e. The third-order valence-electron chi connectivity index (χ3n) is 4.83. The Balaban J connectivity index is 1.93. The lowest BCUT2D eigenvalue weighted by Gasteiger charge is -2.31. The van der Waals surface area contributed by atoms with E-state index in [2.05, 4.69) is 5.32 Å². The van der Waals surface area contributed by atoms with Crippen molar-refractivity contribution in [1.82, 2.24) is 4.90 Å². The molecule has 0 spiro atoms. The van der Waals surface area contributed by atoms with E-state index >= 15 is 0 Å². The number of hydrogen-bond acceptors (Lipinski definition) is 2. The van der Waals surface area contributed by atoms with Gasteiger partial charge >= 0.3 is 0 Å². The topological polar surface area (TPSA) is 49.4 Å². The lowest BCUT2D eigenvalue weighted by Crippen LogP contribution is -2.39. The van der Waals surface area contributed by atoms with Crippen LogP contribution in [0.4, 0.5) is 18.9 Å². The van der Waals surface area contributed by atoms with Crippen LogP contribution in [0.1, 0.15) is 27.5 Å². The van der Waals surface area contributed by atoms with Crippen LogP contribution in [0, 0.1) is 17.5 Å². The maximum atomic E-state index is 14.5. The van der Waals surface area contributed by atoms with Crippen LogP contribution in [0.2, 0.25) is 5.02 Å². The van der Waals surface area contributed by atoms with E-state index in [0.29, 0.717) is 11.3 Å². The first-order chi connectivity index (χ1) is 14.3. The molecule has 1 heterocycles. The fourth-order valence-corrected chi connectivity index (χ4v) is 3.76. The molecule has 0 saturated carbocycles. The number of amides is 2. The van der Waals surface area contributed by atoms with Crippen molar-refractivity contribution >= 4 is 29.1 Å². The van der Waals surface area contributed by atoms with Crippen LogP contribution in [-0.4, -0.2) is 23.3 Å². The second-order valence-corrected chi connectivity index (χ2v) is 7.17. The molecule has 1 aliphatic heterocycles. The molecule has 0 saturated heterocycles. The molecule has 0 aromatic heterocycles. The summed E-state index contributed by atoms with van der Waals surface area (Å²) in [6, 6.07) is 11.8. The van der Waals surface area contributed by atoms with Crippen LogP contribution in [0.15, 0.2) is 60.7 Å².